The Morgan fingerprint density at radius 2 is 1.96 bits per heavy atom. The third-order valence-corrected chi connectivity index (χ3v) is 5.51. The summed E-state index contributed by atoms with van der Waals surface area (Å²) in [5.74, 6) is 0.704. The van der Waals surface area contributed by atoms with Gasteiger partial charge in [-0.05, 0) is 64.2 Å². The van der Waals surface area contributed by atoms with Crippen molar-refractivity contribution in [1.29, 1.82) is 0 Å². The summed E-state index contributed by atoms with van der Waals surface area (Å²) < 4.78 is 1.74. The number of rotatable bonds is 7. The van der Waals surface area contributed by atoms with Crippen molar-refractivity contribution in [2.24, 2.45) is 5.92 Å². The maximum atomic E-state index is 12.3. The summed E-state index contributed by atoms with van der Waals surface area (Å²) in [7, 11) is 0. The van der Waals surface area contributed by atoms with E-state index in [9.17, 15) is 4.79 Å². The Labute approximate surface area is 161 Å². The number of hydrogen-bond donors (Lipinski definition) is 1. The number of piperidine rings is 1. The minimum atomic E-state index is -0.148. The molecule has 2 heterocycles. The van der Waals surface area contributed by atoms with Crippen molar-refractivity contribution < 1.29 is 4.79 Å². The molecule has 0 bridgehead atoms. The Morgan fingerprint density at radius 3 is 2.67 bits per heavy atom. The zero-order chi connectivity index (χ0) is 19.2. The van der Waals surface area contributed by atoms with Gasteiger partial charge in [0.15, 0.2) is 5.69 Å². The molecule has 1 aliphatic rings. The number of amides is 1. The lowest BCUT2D eigenvalue weighted by Gasteiger charge is -2.30. The van der Waals surface area contributed by atoms with Gasteiger partial charge in [0, 0.05) is 6.54 Å². The van der Waals surface area contributed by atoms with E-state index < -0.39 is 0 Å². The molecule has 1 N–H and O–H groups in total. The fourth-order valence-corrected chi connectivity index (χ4v) is 3.45. The van der Waals surface area contributed by atoms with Crippen molar-refractivity contribution in [1.82, 2.24) is 25.2 Å². The van der Waals surface area contributed by atoms with Gasteiger partial charge in [-0.3, -0.25) is 4.79 Å². The van der Waals surface area contributed by atoms with Crippen molar-refractivity contribution in [3.8, 4) is 0 Å². The van der Waals surface area contributed by atoms with E-state index in [4.69, 9.17) is 0 Å². The Bertz CT molecular complexity index is 731. The summed E-state index contributed by atoms with van der Waals surface area (Å²) in [4.78, 5) is 14.8. The third-order valence-electron chi connectivity index (χ3n) is 5.51. The van der Waals surface area contributed by atoms with Crippen LogP contribution in [0, 0.1) is 12.8 Å². The molecule has 6 nitrogen and oxygen atoms in total. The monoisotopic (exact) mass is 369 g/mol. The summed E-state index contributed by atoms with van der Waals surface area (Å²) in [6.45, 7) is 10.5. The molecule has 0 saturated carbocycles. The fourth-order valence-electron chi connectivity index (χ4n) is 3.45. The molecular weight excluding hydrogens is 338 g/mol. The maximum Gasteiger partial charge on any atom is 0.273 e. The number of carbonyl (C=O) groups excluding carboxylic acids is 1. The van der Waals surface area contributed by atoms with Crippen molar-refractivity contribution in [2.75, 3.05) is 26.2 Å². The van der Waals surface area contributed by atoms with E-state index in [1.165, 1.54) is 31.5 Å². The predicted octanol–water partition coefficient (Wildman–Crippen LogP) is 3.05. The molecule has 6 heteroatoms. The summed E-state index contributed by atoms with van der Waals surface area (Å²) >= 11 is 0. The van der Waals surface area contributed by atoms with E-state index in [1.807, 2.05) is 0 Å². The van der Waals surface area contributed by atoms with E-state index in [2.05, 4.69) is 65.6 Å². The predicted molar refractivity (Wildman–Crippen MR) is 107 cm³/mol. The maximum absolute atomic E-state index is 12.3. The van der Waals surface area contributed by atoms with Gasteiger partial charge < -0.3 is 10.2 Å². The summed E-state index contributed by atoms with van der Waals surface area (Å²) in [5, 5.41) is 11.2. The van der Waals surface area contributed by atoms with Gasteiger partial charge in [0.1, 0.15) is 0 Å². The SMILES string of the molecule is Cc1ccc(C(C)n2cc(C(=O)NCCCN3CCC(C)CC3)nn2)cc1. The Morgan fingerprint density at radius 1 is 1.26 bits per heavy atom. The van der Waals surface area contributed by atoms with Gasteiger partial charge >= 0.3 is 0 Å². The second-order valence-electron chi connectivity index (χ2n) is 7.80. The number of nitrogens with zero attached hydrogens (tertiary/aromatic N) is 4. The van der Waals surface area contributed by atoms with Crippen LogP contribution < -0.4 is 5.32 Å². The highest BCUT2D eigenvalue weighted by Gasteiger charge is 2.16. The Kier molecular flexibility index (Phi) is 6.61. The van der Waals surface area contributed by atoms with Crippen molar-refractivity contribution in [3.05, 3.63) is 47.3 Å². The molecule has 0 radical (unpaired) electrons. The van der Waals surface area contributed by atoms with Crippen molar-refractivity contribution in [2.45, 2.75) is 46.1 Å². The normalized spacial score (nSPS) is 17.0. The van der Waals surface area contributed by atoms with Gasteiger partial charge in [0.2, 0.25) is 0 Å². The van der Waals surface area contributed by atoms with Crippen LogP contribution in [0.3, 0.4) is 0 Å². The van der Waals surface area contributed by atoms with Crippen molar-refractivity contribution in [3.63, 3.8) is 0 Å². The first-order chi connectivity index (χ1) is 13.0. The largest absolute Gasteiger partial charge is 0.351 e. The van der Waals surface area contributed by atoms with Gasteiger partial charge in [-0.2, -0.15) is 0 Å². The first-order valence-corrected chi connectivity index (χ1v) is 10.0. The molecule has 3 rings (SSSR count). The molecule has 1 saturated heterocycles. The standard InChI is InChI=1S/C21H31N5O/c1-16-5-7-19(8-6-16)18(3)26-15-20(23-24-26)21(27)22-11-4-12-25-13-9-17(2)10-14-25/h5-8,15,17-18H,4,9-14H2,1-3H3,(H,22,27). The van der Waals surface area contributed by atoms with Crippen LogP contribution in [-0.4, -0.2) is 52.0 Å². The van der Waals surface area contributed by atoms with E-state index in [1.54, 1.807) is 10.9 Å². The first kappa shape index (κ1) is 19.5. The van der Waals surface area contributed by atoms with Gasteiger partial charge in [-0.15, -0.1) is 5.10 Å². The second kappa shape index (κ2) is 9.13. The average molecular weight is 370 g/mol. The molecule has 0 spiro atoms. The number of benzene rings is 1. The van der Waals surface area contributed by atoms with Crippen LogP contribution in [0.2, 0.25) is 0 Å². The highest BCUT2D eigenvalue weighted by Crippen LogP contribution is 2.17. The van der Waals surface area contributed by atoms with Crippen molar-refractivity contribution >= 4 is 5.91 Å². The number of nitrogens with one attached hydrogen (secondary N) is 1. The smallest absolute Gasteiger partial charge is 0.273 e. The lowest BCUT2D eigenvalue weighted by Crippen LogP contribution is -2.35. The van der Waals surface area contributed by atoms with Gasteiger partial charge in [0.05, 0.1) is 12.2 Å². The second-order valence-corrected chi connectivity index (χ2v) is 7.80. The molecule has 1 fully saturated rings. The van der Waals surface area contributed by atoms with Crippen LogP contribution in [0.25, 0.3) is 0 Å². The number of likely N-dealkylation sites (tertiary alicyclic amines) is 1. The molecule has 146 valence electrons. The zero-order valence-electron chi connectivity index (χ0n) is 16.7. The van der Waals surface area contributed by atoms with Crippen LogP contribution in [0.4, 0.5) is 0 Å². The Hall–Kier alpha value is -2.21. The van der Waals surface area contributed by atoms with E-state index in [0.29, 0.717) is 12.2 Å². The minimum absolute atomic E-state index is 0.0427. The molecule has 0 aliphatic carbocycles. The molecule has 1 aromatic carbocycles. The van der Waals surface area contributed by atoms with Gasteiger partial charge in [-0.25, -0.2) is 4.68 Å². The van der Waals surface area contributed by atoms with Crippen LogP contribution >= 0.6 is 0 Å². The van der Waals surface area contributed by atoms with Gasteiger partial charge in [-0.1, -0.05) is 42.0 Å². The molecular formula is C21H31N5O. The van der Waals surface area contributed by atoms with E-state index in [-0.39, 0.29) is 11.9 Å². The van der Waals surface area contributed by atoms with E-state index >= 15 is 0 Å². The van der Waals surface area contributed by atoms with Crippen LogP contribution in [-0.2, 0) is 0 Å². The highest BCUT2D eigenvalue weighted by atomic mass is 16.2. The molecule has 1 aromatic heterocycles. The fraction of sp³-hybridized carbons (Fsp3) is 0.571. The van der Waals surface area contributed by atoms with E-state index in [0.717, 1.165) is 24.4 Å². The van der Waals surface area contributed by atoms with Gasteiger partial charge in [0.25, 0.3) is 5.91 Å². The molecule has 1 atom stereocenters. The summed E-state index contributed by atoms with van der Waals surface area (Å²) in [6.07, 6.45) is 5.27. The Balaban J connectivity index is 1.44. The zero-order valence-corrected chi connectivity index (χ0v) is 16.7. The lowest BCUT2D eigenvalue weighted by molar-refractivity contribution is 0.0945. The quantitative estimate of drug-likeness (QED) is 0.762. The topological polar surface area (TPSA) is 63.1 Å². The molecule has 1 aliphatic heterocycles. The molecule has 27 heavy (non-hydrogen) atoms. The number of carbonyl (C=O) groups is 1. The lowest BCUT2D eigenvalue weighted by atomic mass is 9.99. The number of aromatic nitrogens is 3. The molecule has 1 amide bonds. The van der Waals surface area contributed by atoms with Crippen LogP contribution in [0.15, 0.2) is 30.5 Å². The van der Waals surface area contributed by atoms with Crippen LogP contribution in [0.5, 0.6) is 0 Å². The third kappa shape index (κ3) is 5.39. The molecule has 1 unspecified atom stereocenters. The minimum Gasteiger partial charge on any atom is -0.351 e. The van der Waals surface area contributed by atoms with Crippen LogP contribution in [0.1, 0.15) is 60.8 Å². The summed E-state index contributed by atoms with van der Waals surface area (Å²) in [6, 6.07) is 8.38. The summed E-state index contributed by atoms with van der Waals surface area (Å²) in [5.41, 5.74) is 2.75. The molecule has 2 aromatic rings. The average Bonchev–Trinajstić information content (AvgIpc) is 3.17. The first-order valence-electron chi connectivity index (χ1n) is 10.0. The number of aryl methyl sites for hydroxylation is 1. The highest BCUT2D eigenvalue weighted by molar-refractivity contribution is 5.91. The number of hydrogen-bond acceptors (Lipinski definition) is 4.